The molecule has 0 radical (unpaired) electrons. The van der Waals surface area contributed by atoms with Crippen LogP contribution in [0.25, 0.3) is 5.69 Å². The lowest BCUT2D eigenvalue weighted by Gasteiger charge is -2.14. The van der Waals surface area contributed by atoms with Crippen molar-refractivity contribution < 1.29 is 4.79 Å². The van der Waals surface area contributed by atoms with Crippen LogP contribution in [-0.4, -0.2) is 15.7 Å². The first kappa shape index (κ1) is 19.2. The number of benzene rings is 2. The van der Waals surface area contributed by atoms with Crippen molar-refractivity contribution in [3.8, 4) is 5.69 Å². The normalized spacial score (nSPS) is 11.4. The number of halogens is 1. The largest absolute Gasteiger partial charge is 0.311 e. The van der Waals surface area contributed by atoms with Crippen LogP contribution in [0.5, 0.6) is 0 Å². The van der Waals surface area contributed by atoms with Crippen LogP contribution >= 0.6 is 11.6 Å². The summed E-state index contributed by atoms with van der Waals surface area (Å²) in [4.78, 5) is 12.5. The second-order valence-electron chi connectivity index (χ2n) is 7.56. The van der Waals surface area contributed by atoms with Gasteiger partial charge in [0.15, 0.2) is 0 Å². The van der Waals surface area contributed by atoms with Gasteiger partial charge in [0.1, 0.15) is 5.82 Å². The van der Waals surface area contributed by atoms with E-state index in [4.69, 9.17) is 16.7 Å². The van der Waals surface area contributed by atoms with Crippen molar-refractivity contribution in [3.63, 3.8) is 0 Å². The van der Waals surface area contributed by atoms with Crippen LogP contribution in [0.15, 0.2) is 60.7 Å². The van der Waals surface area contributed by atoms with Crippen LogP contribution in [0, 0.1) is 0 Å². The predicted molar refractivity (Wildman–Crippen MR) is 111 cm³/mol. The molecule has 0 saturated heterocycles. The highest BCUT2D eigenvalue weighted by atomic mass is 35.5. The molecule has 1 amide bonds. The van der Waals surface area contributed by atoms with Crippen molar-refractivity contribution in [1.82, 2.24) is 9.78 Å². The van der Waals surface area contributed by atoms with E-state index in [0.29, 0.717) is 23.7 Å². The molecule has 1 heterocycles. The number of carbonyl (C=O) groups excluding carboxylic acids is 1. The van der Waals surface area contributed by atoms with Gasteiger partial charge in [-0.05, 0) is 24.1 Å². The molecule has 3 aromatic rings. The van der Waals surface area contributed by atoms with E-state index >= 15 is 0 Å². The van der Waals surface area contributed by atoms with Gasteiger partial charge in [0.25, 0.3) is 0 Å². The Morgan fingerprint density at radius 2 is 1.74 bits per heavy atom. The highest BCUT2D eigenvalue weighted by molar-refractivity contribution is 6.32. The third kappa shape index (κ3) is 4.77. The summed E-state index contributed by atoms with van der Waals surface area (Å²) < 4.78 is 1.71. The average Bonchev–Trinajstić information content (AvgIpc) is 3.05. The van der Waals surface area contributed by atoms with Crippen LogP contribution in [0.4, 0.5) is 5.82 Å². The second-order valence-corrected chi connectivity index (χ2v) is 7.97. The minimum atomic E-state index is -0.143. The lowest BCUT2D eigenvalue weighted by molar-refractivity contribution is -0.116. The topological polar surface area (TPSA) is 46.9 Å². The van der Waals surface area contributed by atoms with E-state index in [1.807, 2.05) is 60.7 Å². The molecule has 0 aliphatic heterocycles. The summed E-state index contributed by atoms with van der Waals surface area (Å²) in [5, 5.41) is 8.29. The molecule has 0 aliphatic carbocycles. The Balaban J connectivity index is 1.84. The molecule has 1 aromatic heterocycles. The van der Waals surface area contributed by atoms with Gasteiger partial charge in [0, 0.05) is 17.9 Å². The number of hydrogen-bond donors (Lipinski definition) is 1. The SMILES string of the molecule is CC(C)(C)c1cc(NC(=O)CCc2ccccc2)n(-c2ccccc2Cl)n1. The molecule has 0 fully saturated rings. The Morgan fingerprint density at radius 3 is 2.41 bits per heavy atom. The molecule has 0 atom stereocenters. The van der Waals surface area contributed by atoms with E-state index < -0.39 is 0 Å². The summed E-state index contributed by atoms with van der Waals surface area (Å²) >= 11 is 6.36. The number of nitrogens with one attached hydrogen (secondary N) is 1. The summed E-state index contributed by atoms with van der Waals surface area (Å²) in [5.74, 6) is 0.582. The minimum Gasteiger partial charge on any atom is -0.311 e. The Kier molecular flexibility index (Phi) is 5.66. The summed E-state index contributed by atoms with van der Waals surface area (Å²) in [6.45, 7) is 6.27. The van der Waals surface area contributed by atoms with Crippen molar-refractivity contribution in [3.05, 3.63) is 76.9 Å². The Hall–Kier alpha value is -2.59. The van der Waals surface area contributed by atoms with Gasteiger partial charge < -0.3 is 5.32 Å². The molecule has 140 valence electrons. The third-order valence-corrected chi connectivity index (χ3v) is 4.63. The molecule has 0 unspecified atom stereocenters. The lowest BCUT2D eigenvalue weighted by atomic mass is 9.92. The number of aromatic nitrogens is 2. The fourth-order valence-corrected chi connectivity index (χ4v) is 2.97. The maximum atomic E-state index is 12.5. The van der Waals surface area contributed by atoms with Gasteiger partial charge in [-0.25, -0.2) is 4.68 Å². The molecule has 3 rings (SSSR count). The van der Waals surface area contributed by atoms with Crippen molar-refractivity contribution >= 4 is 23.3 Å². The van der Waals surface area contributed by atoms with Gasteiger partial charge >= 0.3 is 0 Å². The molecule has 0 saturated carbocycles. The third-order valence-electron chi connectivity index (χ3n) is 4.31. The maximum absolute atomic E-state index is 12.5. The van der Waals surface area contributed by atoms with Crippen LogP contribution in [0.2, 0.25) is 5.02 Å². The van der Waals surface area contributed by atoms with E-state index in [1.54, 1.807) is 4.68 Å². The van der Waals surface area contributed by atoms with Gasteiger partial charge in [-0.1, -0.05) is 74.8 Å². The molecule has 4 nitrogen and oxygen atoms in total. The molecule has 2 aromatic carbocycles. The maximum Gasteiger partial charge on any atom is 0.225 e. The van der Waals surface area contributed by atoms with Gasteiger partial charge in [0.2, 0.25) is 5.91 Å². The van der Waals surface area contributed by atoms with Crippen molar-refractivity contribution in [2.75, 3.05) is 5.32 Å². The molecular weight excluding hydrogens is 358 g/mol. The Bertz CT molecular complexity index is 926. The van der Waals surface area contributed by atoms with E-state index in [1.165, 1.54) is 0 Å². The van der Waals surface area contributed by atoms with Crippen molar-refractivity contribution in [1.29, 1.82) is 0 Å². The smallest absolute Gasteiger partial charge is 0.225 e. The van der Waals surface area contributed by atoms with E-state index in [-0.39, 0.29) is 11.3 Å². The number of carbonyl (C=O) groups is 1. The number of nitrogens with zero attached hydrogens (tertiary/aromatic N) is 2. The second kappa shape index (κ2) is 7.97. The molecule has 0 bridgehead atoms. The van der Waals surface area contributed by atoms with Crippen LogP contribution in [-0.2, 0) is 16.6 Å². The molecule has 1 N–H and O–H groups in total. The standard InChI is InChI=1S/C22H24ClN3O/c1-22(2,3)19-15-20(26(25-19)18-12-8-7-11-17(18)23)24-21(27)14-13-16-9-5-4-6-10-16/h4-12,15H,13-14H2,1-3H3,(H,24,27). The number of amides is 1. The molecule has 0 aliphatic rings. The number of rotatable bonds is 5. The zero-order valence-corrected chi connectivity index (χ0v) is 16.6. The Morgan fingerprint density at radius 1 is 1.07 bits per heavy atom. The summed E-state index contributed by atoms with van der Waals surface area (Å²) in [6.07, 6.45) is 1.10. The van der Waals surface area contributed by atoms with Gasteiger partial charge in [-0.2, -0.15) is 5.10 Å². The molecule has 27 heavy (non-hydrogen) atoms. The highest BCUT2D eigenvalue weighted by Gasteiger charge is 2.22. The first-order chi connectivity index (χ1) is 12.8. The zero-order chi connectivity index (χ0) is 19.4. The number of anilines is 1. The summed E-state index contributed by atoms with van der Waals surface area (Å²) in [5.41, 5.74) is 2.63. The molecular formula is C22H24ClN3O. The zero-order valence-electron chi connectivity index (χ0n) is 15.9. The van der Waals surface area contributed by atoms with Gasteiger partial charge in [-0.3, -0.25) is 4.79 Å². The van der Waals surface area contributed by atoms with E-state index in [9.17, 15) is 4.79 Å². The van der Waals surface area contributed by atoms with Crippen LogP contribution in [0.3, 0.4) is 0 Å². The van der Waals surface area contributed by atoms with E-state index in [0.717, 1.165) is 16.9 Å². The fourth-order valence-electron chi connectivity index (χ4n) is 2.75. The number of aryl methyl sites for hydroxylation is 1. The molecule has 0 spiro atoms. The lowest BCUT2D eigenvalue weighted by Crippen LogP contribution is -2.15. The van der Waals surface area contributed by atoms with Crippen molar-refractivity contribution in [2.24, 2.45) is 0 Å². The van der Waals surface area contributed by atoms with Gasteiger partial charge in [0.05, 0.1) is 16.4 Å². The first-order valence-corrected chi connectivity index (χ1v) is 9.41. The van der Waals surface area contributed by atoms with Crippen LogP contribution in [0.1, 0.15) is 38.4 Å². The fraction of sp³-hybridized carbons (Fsp3) is 0.273. The number of para-hydroxylation sites is 1. The van der Waals surface area contributed by atoms with Crippen molar-refractivity contribution in [2.45, 2.75) is 39.0 Å². The monoisotopic (exact) mass is 381 g/mol. The summed E-state index contributed by atoms with van der Waals surface area (Å²) in [7, 11) is 0. The Labute approximate surface area is 165 Å². The predicted octanol–water partition coefficient (Wildman–Crippen LogP) is 5.39. The van der Waals surface area contributed by atoms with E-state index in [2.05, 4.69) is 26.1 Å². The quantitative estimate of drug-likeness (QED) is 0.643. The minimum absolute atomic E-state index is 0.0486. The summed E-state index contributed by atoms with van der Waals surface area (Å²) in [6, 6.07) is 19.4. The van der Waals surface area contributed by atoms with Gasteiger partial charge in [-0.15, -0.1) is 0 Å². The van der Waals surface area contributed by atoms with Crippen LogP contribution < -0.4 is 5.32 Å². The highest BCUT2D eigenvalue weighted by Crippen LogP contribution is 2.29. The number of hydrogen-bond acceptors (Lipinski definition) is 2. The first-order valence-electron chi connectivity index (χ1n) is 9.04. The average molecular weight is 382 g/mol. The molecule has 5 heteroatoms.